The van der Waals surface area contributed by atoms with Crippen molar-refractivity contribution in [3.8, 4) is 12.3 Å². The molecule has 0 aliphatic heterocycles. The molecule has 110 valence electrons. The van der Waals surface area contributed by atoms with Crippen molar-refractivity contribution < 1.29 is 0 Å². The molecule has 0 unspecified atom stereocenters. The summed E-state index contributed by atoms with van der Waals surface area (Å²) < 4.78 is 2.07. The largest absolute Gasteiger partial charge is 0.384 e. The summed E-state index contributed by atoms with van der Waals surface area (Å²) in [5.74, 6) is 7.42. The summed E-state index contributed by atoms with van der Waals surface area (Å²) in [6, 6.07) is 0. The first kappa shape index (κ1) is 15.3. The average Bonchev–Trinajstić information content (AvgIpc) is 2.78. The lowest BCUT2D eigenvalue weighted by Crippen LogP contribution is -2.13. The number of thioether (sulfide) groups is 1. The average molecular weight is 291 g/mol. The minimum absolute atomic E-state index is 0.547. The van der Waals surface area contributed by atoms with Gasteiger partial charge >= 0.3 is 0 Å². The minimum atomic E-state index is 0.547. The molecule has 4 heteroatoms. The van der Waals surface area contributed by atoms with Crippen LogP contribution in [0.25, 0.3) is 0 Å². The van der Waals surface area contributed by atoms with E-state index in [4.69, 9.17) is 17.1 Å². The van der Waals surface area contributed by atoms with Crippen LogP contribution in [-0.4, -0.2) is 21.1 Å². The number of terminal acetylenes is 1. The molecule has 1 aromatic heterocycles. The molecule has 20 heavy (non-hydrogen) atoms. The van der Waals surface area contributed by atoms with Gasteiger partial charge in [-0.15, -0.1) is 6.42 Å². The van der Waals surface area contributed by atoms with E-state index in [9.17, 15) is 0 Å². The molecule has 2 N–H and O–H groups in total. The van der Waals surface area contributed by atoms with Gasteiger partial charge in [0.05, 0.1) is 12.2 Å². The second kappa shape index (κ2) is 7.64. The maximum atomic E-state index is 6.27. The van der Waals surface area contributed by atoms with Gasteiger partial charge in [-0.2, -0.15) is 11.8 Å². The van der Waals surface area contributed by atoms with Crippen molar-refractivity contribution in [3.05, 3.63) is 11.5 Å². The molecule has 0 radical (unpaired) electrons. The summed E-state index contributed by atoms with van der Waals surface area (Å²) in [5.41, 5.74) is 7.32. The molecule has 3 nitrogen and oxygen atoms in total. The number of hydrogen-bond acceptors (Lipinski definition) is 3. The van der Waals surface area contributed by atoms with Crippen molar-refractivity contribution in [2.75, 3.05) is 17.2 Å². The van der Waals surface area contributed by atoms with Crippen LogP contribution < -0.4 is 5.73 Å². The molecule has 0 spiro atoms. The Labute approximate surface area is 126 Å². The molecular formula is C16H25N3S. The maximum absolute atomic E-state index is 6.27. The minimum Gasteiger partial charge on any atom is -0.384 e. The van der Waals surface area contributed by atoms with Crippen LogP contribution in [0.1, 0.15) is 56.5 Å². The smallest absolute Gasteiger partial charge is 0.127 e. The highest BCUT2D eigenvalue weighted by molar-refractivity contribution is 7.99. The van der Waals surface area contributed by atoms with E-state index in [1.807, 2.05) is 11.8 Å². The fraction of sp³-hybridized carbons (Fsp3) is 0.688. The van der Waals surface area contributed by atoms with Crippen molar-refractivity contribution >= 4 is 17.6 Å². The van der Waals surface area contributed by atoms with Crippen LogP contribution in [-0.2, 0) is 13.0 Å². The SMILES string of the molecule is C#CCn1c(C2CCCCC2)nc(CCSCC)c1N. The van der Waals surface area contributed by atoms with Gasteiger partial charge in [-0.3, -0.25) is 0 Å². The predicted molar refractivity (Wildman–Crippen MR) is 88.0 cm³/mol. The van der Waals surface area contributed by atoms with Gasteiger partial charge in [-0.25, -0.2) is 4.98 Å². The van der Waals surface area contributed by atoms with Crippen molar-refractivity contribution in [1.82, 2.24) is 9.55 Å². The fourth-order valence-corrected chi connectivity index (χ4v) is 3.59. The van der Waals surface area contributed by atoms with Crippen LogP contribution >= 0.6 is 11.8 Å². The third kappa shape index (κ3) is 3.52. The molecule has 1 saturated carbocycles. The van der Waals surface area contributed by atoms with E-state index in [0.29, 0.717) is 12.5 Å². The molecule has 1 heterocycles. The van der Waals surface area contributed by atoms with Gasteiger partial charge in [0.2, 0.25) is 0 Å². The Morgan fingerprint density at radius 2 is 2.15 bits per heavy atom. The normalized spacial score (nSPS) is 16.2. The molecule has 1 aliphatic carbocycles. The van der Waals surface area contributed by atoms with Crippen LogP contribution in [0.15, 0.2) is 0 Å². The Morgan fingerprint density at radius 1 is 1.40 bits per heavy atom. The topological polar surface area (TPSA) is 43.8 Å². The van der Waals surface area contributed by atoms with E-state index in [0.717, 1.165) is 35.3 Å². The molecule has 2 rings (SSSR count). The Bertz CT molecular complexity index is 467. The van der Waals surface area contributed by atoms with Gasteiger partial charge in [0.15, 0.2) is 0 Å². The number of rotatable bonds is 6. The van der Waals surface area contributed by atoms with E-state index >= 15 is 0 Å². The summed E-state index contributed by atoms with van der Waals surface area (Å²) in [5, 5.41) is 0. The van der Waals surface area contributed by atoms with Gasteiger partial charge in [0, 0.05) is 12.3 Å². The highest BCUT2D eigenvalue weighted by atomic mass is 32.2. The monoisotopic (exact) mass is 291 g/mol. The first-order valence-electron chi connectivity index (χ1n) is 7.63. The van der Waals surface area contributed by atoms with E-state index in [1.54, 1.807) is 0 Å². The number of hydrogen-bond donors (Lipinski definition) is 1. The maximum Gasteiger partial charge on any atom is 0.127 e. The van der Waals surface area contributed by atoms with E-state index < -0.39 is 0 Å². The van der Waals surface area contributed by atoms with E-state index in [-0.39, 0.29) is 0 Å². The van der Waals surface area contributed by atoms with Crippen LogP contribution in [0, 0.1) is 12.3 Å². The number of nitrogens with two attached hydrogens (primary N) is 1. The highest BCUT2D eigenvalue weighted by Crippen LogP contribution is 2.34. The van der Waals surface area contributed by atoms with E-state index in [2.05, 4.69) is 17.4 Å². The third-order valence-corrected chi connectivity index (χ3v) is 4.92. The lowest BCUT2D eigenvalue weighted by Gasteiger charge is -2.21. The van der Waals surface area contributed by atoms with Gasteiger partial charge in [0.1, 0.15) is 11.6 Å². The van der Waals surface area contributed by atoms with Crippen LogP contribution in [0.5, 0.6) is 0 Å². The molecule has 0 amide bonds. The van der Waals surface area contributed by atoms with Crippen LogP contribution in [0.2, 0.25) is 0 Å². The zero-order chi connectivity index (χ0) is 14.4. The Kier molecular flexibility index (Phi) is 5.85. The Balaban J connectivity index is 2.20. The quantitative estimate of drug-likeness (QED) is 0.645. The molecule has 1 fully saturated rings. The molecular weight excluding hydrogens is 266 g/mol. The first-order chi connectivity index (χ1) is 9.77. The number of imidazole rings is 1. The Morgan fingerprint density at radius 3 is 2.80 bits per heavy atom. The van der Waals surface area contributed by atoms with Gasteiger partial charge in [0.25, 0.3) is 0 Å². The standard InChI is InChI=1S/C16H25N3S/c1-3-11-19-15(17)14(10-12-20-4-2)18-16(19)13-8-6-5-7-9-13/h1,13H,4-12,17H2,2H3. The summed E-state index contributed by atoms with van der Waals surface area (Å²) in [4.78, 5) is 4.85. The van der Waals surface area contributed by atoms with Crippen LogP contribution in [0.4, 0.5) is 5.82 Å². The van der Waals surface area contributed by atoms with Crippen molar-refractivity contribution in [2.45, 2.75) is 57.9 Å². The lowest BCUT2D eigenvalue weighted by atomic mass is 9.88. The fourth-order valence-electron chi connectivity index (χ4n) is 2.96. The summed E-state index contributed by atoms with van der Waals surface area (Å²) in [6.07, 6.45) is 12.8. The van der Waals surface area contributed by atoms with Crippen molar-refractivity contribution in [1.29, 1.82) is 0 Å². The lowest BCUT2D eigenvalue weighted by molar-refractivity contribution is 0.420. The molecule has 0 bridgehead atoms. The summed E-state index contributed by atoms with van der Waals surface area (Å²) in [7, 11) is 0. The van der Waals surface area contributed by atoms with Crippen molar-refractivity contribution in [3.63, 3.8) is 0 Å². The zero-order valence-electron chi connectivity index (χ0n) is 12.4. The molecule has 0 aromatic carbocycles. The number of nitrogen functional groups attached to an aromatic ring is 1. The number of anilines is 1. The number of nitrogens with zero attached hydrogens (tertiary/aromatic N) is 2. The molecule has 0 saturated heterocycles. The zero-order valence-corrected chi connectivity index (χ0v) is 13.2. The van der Waals surface area contributed by atoms with Crippen LogP contribution in [0.3, 0.4) is 0 Å². The number of aromatic nitrogens is 2. The first-order valence-corrected chi connectivity index (χ1v) is 8.79. The van der Waals surface area contributed by atoms with Gasteiger partial charge < -0.3 is 10.3 Å². The van der Waals surface area contributed by atoms with E-state index in [1.165, 1.54) is 32.1 Å². The van der Waals surface area contributed by atoms with Gasteiger partial charge in [-0.05, 0) is 24.3 Å². The van der Waals surface area contributed by atoms with Crippen molar-refractivity contribution in [2.24, 2.45) is 0 Å². The second-order valence-corrected chi connectivity index (χ2v) is 6.77. The third-order valence-electron chi connectivity index (χ3n) is 4.02. The summed E-state index contributed by atoms with van der Waals surface area (Å²) in [6.45, 7) is 2.73. The second-order valence-electron chi connectivity index (χ2n) is 5.37. The van der Waals surface area contributed by atoms with Gasteiger partial charge in [-0.1, -0.05) is 32.1 Å². The molecule has 1 aliphatic rings. The highest BCUT2D eigenvalue weighted by Gasteiger charge is 2.23. The molecule has 1 aromatic rings. The predicted octanol–water partition coefficient (Wildman–Crippen LogP) is 3.44. The number of aryl methyl sites for hydroxylation is 1. The molecule has 0 atom stereocenters. The summed E-state index contributed by atoms with van der Waals surface area (Å²) >= 11 is 1.93. The Hall–Kier alpha value is -1.08.